The van der Waals surface area contributed by atoms with Crippen LogP contribution in [0, 0.1) is 5.82 Å². The third kappa shape index (κ3) is 2.27. The van der Waals surface area contributed by atoms with Gasteiger partial charge in [0.05, 0.1) is 5.56 Å². The van der Waals surface area contributed by atoms with Gasteiger partial charge in [-0.2, -0.15) is 13.2 Å². The van der Waals surface area contributed by atoms with Gasteiger partial charge < -0.3 is 0 Å². The van der Waals surface area contributed by atoms with Gasteiger partial charge in [0.25, 0.3) is 0 Å². The van der Waals surface area contributed by atoms with Crippen LogP contribution in [0.1, 0.15) is 5.56 Å². The Hall–Kier alpha value is -1.91. The summed E-state index contributed by atoms with van der Waals surface area (Å²) in [6.07, 6.45) is -2.24. The molecule has 0 spiro atoms. The van der Waals surface area contributed by atoms with Crippen LogP contribution in [0.4, 0.5) is 17.6 Å². The molecular formula is C12H7F4N. The van der Waals surface area contributed by atoms with Crippen LogP contribution in [0.15, 0.2) is 42.7 Å². The van der Waals surface area contributed by atoms with Crippen LogP contribution in [-0.4, -0.2) is 4.98 Å². The highest BCUT2D eigenvalue weighted by atomic mass is 19.4. The van der Waals surface area contributed by atoms with E-state index in [0.29, 0.717) is 0 Å². The summed E-state index contributed by atoms with van der Waals surface area (Å²) >= 11 is 0. The van der Waals surface area contributed by atoms with E-state index in [1.54, 1.807) is 0 Å². The Balaban J connectivity index is 2.65. The largest absolute Gasteiger partial charge is 0.417 e. The molecule has 0 aliphatic carbocycles. The number of benzene rings is 1. The standard InChI is InChI=1S/C12H7F4N/c13-11-5-6-17-7-9(11)8-3-1-2-4-10(8)12(14,15)16/h1-7H. The molecule has 0 radical (unpaired) electrons. The lowest BCUT2D eigenvalue weighted by Gasteiger charge is -2.12. The molecule has 0 saturated carbocycles. The predicted molar refractivity (Wildman–Crippen MR) is 54.6 cm³/mol. The third-order valence-corrected chi connectivity index (χ3v) is 2.29. The molecule has 0 fully saturated rings. The van der Waals surface area contributed by atoms with E-state index in [1.807, 2.05) is 0 Å². The molecule has 1 aromatic heterocycles. The SMILES string of the molecule is Fc1ccncc1-c1ccccc1C(F)(F)F. The average Bonchev–Trinajstić information content (AvgIpc) is 2.28. The van der Waals surface area contributed by atoms with Gasteiger partial charge in [-0.3, -0.25) is 4.98 Å². The first-order chi connectivity index (χ1) is 8.00. The Morgan fingerprint density at radius 2 is 1.65 bits per heavy atom. The quantitative estimate of drug-likeness (QED) is 0.690. The number of alkyl halides is 3. The summed E-state index contributed by atoms with van der Waals surface area (Å²) in [5.74, 6) is -0.725. The fourth-order valence-electron chi connectivity index (χ4n) is 1.54. The lowest BCUT2D eigenvalue weighted by atomic mass is 10.0. The summed E-state index contributed by atoms with van der Waals surface area (Å²) < 4.78 is 51.6. The van der Waals surface area contributed by atoms with Crippen molar-refractivity contribution in [1.29, 1.82) is 0 Å². The average molecular weight is 241 g/mol. The van der Waals surface area contributed by atoms with Crippen molar-refractivity contribution in [2.24, 2.45) is 0 Å². The van der Waals surface area contributed by atoms with Crippen molar-refractivity contribution in [2.75, 3.05) is 0 Å². The second-order valence-electron chi connectivity index (χ2n) is 3.40. The first kappa shape index (κ1) is 11.6. The maximum atomic E-state index is 13.4. The molecule has 0 amide bonds. The smallest absolute Gasteiger partial charge is 0.264 e. The highest BCUT2D eigenvalue weighted by molar-refractivity contribution is 5.67. The maximum Gasteiger partial charge on any atom is 0.417 e. The van der Waals surface area contributed by atoms with E-state index in [-0.39, 0.29) is 11.1 Å². The van der Waals surface area contributed by atoms with Crippen molar-refractivity contribution in [3.63, 3.8) is 0 Å². The Morgan fingerprint density at radius 3 is 2.29 bits per heavy atom. The molecule has 0 aliphatic heterocycles. The number of hydrogen-bond donors (Lipinski definition) is 0. The molecule has 1 heterocycles. The number of hydrogen-bond acceptors (Lipinski definition) is 1. The Bertz CT molecular complexity index is 534. The monoisotopic (exact) mass is 241 g/mol. The first-order valence-corrected chi connectivity index (χ1v) is 4.76. The second-order valence-corrected chi connectivity index (χ2v) is 3.40. The van der Waals surface area contributed by atoms with E-state index in [9.17, 15) is 17.6 Å². The Kier molecular flexibility index (Phi) is 2.83. The lowest BCUT2D eigenvalue weighted by Crippen LogP contribution is -2.07. The van der Waals surface area contributed by atoms with E-state index in [2.05, 4.69) is 4.98 Å². The van der Waals surface area contributed by atoms with E-state index in [1.165, 1.54) is 24.4 Å². The molecule has 0 bridgehead atoms. The summed E-state index contributed by atoms with van der Waals surface area (Å²) in [4.78, 5) is 3.64. The van der Waals surface area contributed by atoms with E-state index in [4.69, 9.17) is 0 Å². The summed E-state index contributed by atoms with van der Waals surface area (Å²) in [5, 5.41) is 0. The Morgan fingerprint density at radius 1 is 0.941 bits per heavy atom. The lowest BCUT2D eigenvalue weighted by molar-refractivity contribution is -0.137. The zero-order chi connectivity index (χ0) is 12.5. The number of halogens is 4. The van der Waals surface area contributed by atoms with Crippen molar-refractivity contribution in [1.82, 2.24) is 4.98 Å². The fraction of sp³-hybridized carbons (Fsp3) is 0.0833. The highest BCUT2D eigenvalue weighted by Crippen LogP contribution is 2.37. The number of rotatable bonds is 1. The van der Waals surface area contributed by atoms with E-state index >= 15 is 0 Å². The van der Waals surface area contributed by atoms with Crippen molar-refractivity contribution in [3.8, 4) is 11.1 Å². The molecule has 0 aliphatic rings. The van der Waals surface area contributed by atoms with Crippen molar-refractivity contribution >= 4 is 0 Å². The molecule has 5 heteroatoms. The fourth-order valence-corrected chi connectivity index (χ4v) is 1.54. The molecule has 0 N–H and O–H groups in total. The van der Waals surface area contributed by atoms with Crippen LogP contribution in [0.25, 0.3) is 11.1 Å². The van der Waals surface area contributed by atoms with Crippen LogP contribution in [0.2, 0.25) is 0 Å². The number of nitrogens with zero attached hydrogens (tertiary/aromatic N) is 1. The summed E-state index contributed by atoms with van der Waals surface area (Å²) in [6, 6.07) is 5.87. The zero-order valence-electron chi connectivity index (χ0n) is 8.50. The van der Waals surface area contributed by atoms with Crippen LogP contribution in [-0.2, 0) is 6.18 Å². The van der Waals surface area contributed by atoms with E-state index < -0.39 is 17.6 Å². The van der Waals surface area contributed by atoms with Crippen LogP contribution >= 0.6 is 0 Å². The Labute approximate surface area is 94.7 Å². The summed E-state index contributed by atoms with van der Waals surface area (Å²) in [7, 11) is 0. The van der Waals surface area contributed by atoms with Gasteiger partial charge in [0.2, 0.25) is 0 Å². The maximum absolute atomic E-state index is 13.4. The molecule has 88 valence electrons. The van der Waals surface area contributed by atoms with Gasteiger partial charge in [-0.15, -0.1) is 0 Å². The molecule has 0 unspecified atom stereocenters. The molecule has 2 aromatic rings. The number of aromatic nitrogens is 1. The first-order valence-electron chi connectivity index (χ1n) is 4.76. The minimum Gasteiger partial charge on any atom is -0.264 e. The topological polar surface area (TPSA) is 12.9 Å². The van der Waals surface area contributed by atoms with Gasteiger partial charge in [-0.25, -0.2) is 4.39 Å². The van der Waals surface area contributed by atoms with Gasteiger partial charge >= 0.3 is 6.18 Å². The molecule has 0 saturated heterocycles. The van der Waals surface area contributed by atoms with E-state index in [0.717, 1.165) is 18.3 Å². The zero-order valence-corrected chi connectivity index (χ0v) is 8.50. The molecule has 17 heavy (non-hydrogen) atoms. The van der Waals surface area contributed by atoms with Gasteiger partial charge in [0, 0.05) is 18.0 Å². The molecular weight excluding hydrogens is 234 g/mol. The second kappa shape index (κ2) is 4.16. The highest BCUT2D eigenvalue weighted by Gasteiger charge is 2.33. The van der Waals surface area contributed by atoms with Crippen LogP contribution in [0.3, 0.4) is 0 Å². The van der Waals surface area contributed by atoms with Crippen molar-refractivity contribution in [2.45, 2.75) is 6.18 Å². The number of pyridine rings is 1. The normalized spacial score (nSPS) is 11.5. The van der Waals surface area contributed by atoms with Gasteiger partial charge in [0.1, 0.15) is 5.82 Å². The summed E-state index contributed by atoms with van der Waals surface area (Å²) in [5.41, 5.74) is -1.22. The minimum atomic E-state index is -4.52. The van der Waals surface area contributed by atoms with Crippen LogP contribution in [0.5, 0.6) is 0 Å². The predicted octanol–water partition coefficient (Wildman–Crippen LogP) is 3.91. The molecule has 0 atom stereocenters. The summed E-state index contributed by atoms with van der Waals surface area (Å²) in [6.45, 7) is 0. The van der Waals surface area contributed by atoms with Crippen molar-refractivity contribution < 1.29 is 17.6 Å². The van der Waals surface area contributed by atoms with Gasteiger partial charge in [-0.1, -0.05) is 18.2 Å². The molecule has 1 nitrogen and oxygen atoms in total. The third-order valence-electron chi connectivity index (χ3n) is 2.29. The molecule has 2 rings (SSSR count). The van der Waals surface area contributed by atoms with Crippen molar-refractivity contribution in [3.05, 3.63) is 54.1 Å². The van der Waals surface area contributed by atoms with Gasteiger partial charge in [0.15, 0.2) is 0 Å². The minimum absolute atomic E-state index is 0.152. The van der Waals surface area contributed by atoms with Crippen LogP contribution < -0.4 is 0 Å². The van der Waals surface area contributed by atoms with Gasteiger partial charge in [-0.05, 0) is 17.7 Å². The molecule has 1 aromatic carbocycles.